The molecule has 1 saturated carbocycles. The molecule has 3 fully saturated rings. The number of carbonyl (C=O) groups excluding carboxylic acids is 2. The van der Waals surface area contributed by atoms with Crippen LogP contribution in [-0.2, 0) is 20.8 Å². The normalized spacial score (nSPS) is 22.4. The number of methoxy groups -OCH3 is 1. The quantitative estimate of drug-likeness (QED) is 0.240. The topological polar surface area (TPSA) is 70.0 Å². The summed E-state index contributed by atoms with van der Waals surface area (Å²) in [5, 5.41) is 1.03. The Labute approximate surface area is 254 Å². The Hall–Kier alpha value is -3.60. The number of likely N-dealkylation sites (tertiary alicyclic amines) is 1. The van der Waals surface area contributed by atoms with Gasteiger partial charge in [-0.3, -0.25) is 9.47 Å². The molecule has 2 aromatic carbocycles. The lowest BCUT2D eigenvalue weighted by molar-refractivity contribution is -0.0675. The standard InChI is InChI=1S/C36H42N2O5/c1-24-21-28(10-9-25-7-8-25)30(29-15-18-38(32(24)29)34(40)43-35(2,3)4)23-37-19-17-36(16-6-20-42-36)22-31(37)26-11-13-27(14-12-26)33(39)41-5/h11-15,18,21,25,31H,6-8,16-17,19-20,22-23H2,1-5H3/t31-,36?/m0/s1. The molecule has 1 spiro atoms. The highest BCUT2D eigenvalue weighted by molar-refractivity contribution is 5.95. The van der Waals surface area contributed by atoms with Gasteiger partial charge in [-0.25, -0.2) is 9.59 Å². The summed E-state index contributed by atoms with van der Waals surface area (Å²) in [6, 6.07) is 12.1. The molecule has 0 N–H and O–H groups in total. The number of benzene rings is 2. The number of hydrogen-bond acceptors (Lipinski definition) is 6. The first-order valence-corrected chi connectivity index (χ1v) is 15.5. The van der Waals surface area contributed by atoms with Crippen molar-refractivity contribution < 1.29 is 23.8 Å². The summed E-state index contributed by atoms with van der Waals surface area (Å²) in [4.78, 5) is 27.9. The number of ether oxygens (including phenoxy) is 3. The van der Waals surface area contributed by atoms with Crippen LogP contribution in [0, 0.1) is 24.7 Å². The average Bonchev–Trinajstić information content (AvgIpc) is 3.51. The van der Waals surface area contributed by atoms with Gasteiger partial charge >= 0.3 is 12.1 Å². The Balaban J connectivity index is 1.41. The zero-order valence-electron chi connectivity index (χ0n) is 26.0. The SMILES string of the molecule is COC(=O)c1ccc([C@@H]2CC3(CCCO3)CCN2Cc2c(C#CC3CC3)cc(C)c3c2ccn3C(=O)OC(C)(C)C)cc1. The number of aromatic nitrogens is 1. The second-order valence-electron chi connectivity index (χ2n) is 13.4. The third-order valence-electron chi connectivity index (χ3n) is 8.97. The van der Waals surface area contributed by atoms with E-state index in [1.54, 1.807) is 4.57 Å². The molecule has 7 heteroatoms. The van der Waals surface area contributed by atoms with Gasteiger partial charge in [0, 0.05) is 48.8 Å². The highest BCUT2D eigenvalue weighted by atomic mass is 16.6. The lowest BCUT2D eigenvalue weighted by Gasteiger charge is -2.45. The minimum absolute atomic E-state index is 0.104. The van der Waals surface area contributed by atoms with Crippen molar-refractivity contribution in [2.45, 2.75) is 90.0 Å². The van der Waals surface area contributed by atoms with Crippen LogP contribution in [0.5, 0.6) is 0 Å². The molecular weight excluding hydrogens is 540 g/mol. The molecule has 3 heterocycles. The molecule has 1 aliphatic carbocycles. The van der Waals surface area contributed by atoms with Crippen LogP contribution < -0.4 is 0 Å². The van der Waals surface area contributed by atoms with Crippen molar-refractivity contribution in [3.8, 4) is 11.8 Å². The van der Waals surface area contributed by atoms with E-state index in [1.807, 2.05) is 52.1 Å². The van der Waals surface area contributed by atoms with Crippen molar-refractivity contribution >= 4 is 23.0 Å². The molecule has 3 aromatic rings. The monoisotopic (exact) mass is 582 g/mol. The molecule has 0 bridgehead atoms. The van der Waals surface area contributed by atoms with E-state index in [9.17, 15) is 9.59 Å². The van der Waals surface area contributed by atoms with Gasteiger partial charge < -0.3 is 14.2 Å². The molecule has 2 atom stereocenters. The predicted octanol–water partition coefficient (Wildman–Crippen LogP) is 7.17. The first-order chi connectivity index (χ1) is 20.6. The summed E-state index contributed by atoms with van der Waals surface area (Å²) in [6.45, 7) is 10.1. The summed E-state index contributed by atoms with van der Waals surface area (Å²) in [6.07, 6.45) is 7.80. The van der Waals surface area contributed by atoms with Gasteiger partial charge in [-0.2, -0.15) is 0 Å². The molecule has 0 radical (unpaired) electrons. The molecule has 226 valence electrons. The fourth-order valence-corrected chi connectivity index (χ4v) is 6.63. The first-order valence-electron chi connectivity index (χ1n) is 15.5. The van der Waals surface area contributed by atoms with E-state index in [-0.39, 0.29) is 23.7 Å². The van der Waals surface area contributed by atoms with E-state index in [0.717, 1.165) is 84.8 Å². The van der Waals surface area contributed by atoms with Crippen LogP contribution in [-0.4, -0.2) is 53.0 Å². The minimum atomic E-state index is -0.594. The third-order valence-corrected chi connectivity index (χ3v) is 8.97. The minimum Gasteiger partial charge on any atom is -0.465 e. The summed E-state index contributed by atoms with van der Waals surface area (Å²) in [5.41, 5.74) is 5.02. The molecule has 43 heavy (non-hydrogen) atoms. The zero-order valence-corrected chi connectivity index (χ0v) is 26.0. The van der Waals surface area contributed by atoms with Crippen molar-refractivity contribution in [1.29, 1.82) is 0 Å². The maximum absolute atomic E-state index is 13.2. The van der Waals surface area contributed by atoms with Crippen LogP contribution in [0.1, 0.15) is 97.9 Å². The number of piperidine rings is 1. The van der Waals surface area contributed by atoms with Gasteiger partial charge in [0.15, 0.2) is 0 Å². The Kier molecular flexibility index (Phi) is 7.87. The van der Waals surface area contributed by atoms with Crippen molar-refractivity contribution in [3.05, 3.63) is 70.4 Å². The molecule has 2 aliphatic heterocycles. The van der Waals surface area contributed by atoms with Crippen LogP contribution in [0.2, 0.25) is 0 Å². The van der Waals surface area contributed by atoms with E-state index in [1.165, 1.54) is 7.11 Å². The van der Waals surface area contributed by atoms with E-state index in [4.69, 9.17) is 14.2 Å². The van der Waals surface area contributed by atoms with Crippen LogP contribution in [0.25, 0.3) is 10.9 Å². The Morgan fingerprint density at radius 3 is 2.53 bits per heavy atom. The second-order valence-corrected chi connectivity index (χ2v) is 13.4. The molecule has 0 amide bonds. The summed E-state index contributed by atoms with van der Waals surface area (Å²) < 4.78 is 18.7. The van der Waals surface area contributed by atoms with E-state index < -0.39 is 5.60 Å². The fraction of sp³-hybridized carbons (Fsp3) is 0.500. The molecule has 6 rings (SSSR count). The molecule has 7 nitrogen and oxygen atoms in total. The summed E-state index contributed by atoms with van der Waals surface area (Å²) in [5.74, 6) is 7.15. The van der Waals surface area contributed by atoms with Crippen LogP contribution in [0.4, 0.5) is 4.79 Å². The Morgan fingerprint density at radius 1 is 1.12 bits per heavy atom. The predicted molar refractivity (Wildman–Crippen MR) is 166 cm³/mol. The zero-order chi connectivity index (χ0) is 30.4. The average molecular weight is 583 g/mol. The Bertz CT molecular complexity index is 1590. The first kappa shape index (κ1) is 29.5. The molecule has 3 aliphatic rings. The summed E-state index contributed by atoms with van der Waals surface area (Å²) in [7, 11) is 1.41. The number of hydrogen-bond donors (Lipinski definition) is 0. The van der Waals surface area contributed by atoms with E-state index in [2.05, 4.69) is 34.9 Å². The van der Waals surface area contributed by atoms with Crippen molar-refractivity contribution in [3.63, 3.8) is 0 Å². The van der Waals surface area contributed by atoms with E-state index in [0.29, 0.717) is 18.0 Å². The van der Waals surface area contributed by atoms with Gasteiger partial charge in [-0.05, 0) is 107 Å². The number of aryl methyl sites for hydroxylation is 1. The molecular formula is C36H42N2O5. The fourth-order valence-electron chi connectivity index (χ4n) is 6.63. The highest BCUT2D eigenvalue weighted by Gasteiger charge is 2.43. The number of esters is 1. The lowest BCUT2D eigenvalue weighted by Crippen LogP contribution is -2.45. The van der Waals surface area contributed by atoms with Gasteiger partial charge in [-0.1, -0.05) is 24.0 Å². The number of fused-ring (bicyclic) bond motifs is 1. The van der Waals surface area contributed by atoms with Crippen LogP contribution in [0.15, 0.2) is 42.6 Å². The van der Waals surface area contributed by atoms with E-state index >= 15 is 0 Å². The second kappa shape index (κ2) is 11.5. The van der Waals surface area contributed by atoms with Crippen molar-refractivity contribution in [1.82, 2.24) is 9.47 Å². The highest BCUT2D eigenvalue weighted by Crippen LogP contribution is 2.45. The van der Waals surface area contributed by atoms with Crippen molar-refractivity contribution in [2.24, 2.45) is 5.92 Å². The molecule has 1 unspecified atom stereocenters. The lowest BCUT2D eigenvalue weighted by atomic mass is 9.81. The Morgan fingerprint density at radius 2 is 1.88 bits per heavy atom. The maximum Gasteiger partial charge on any atom is 0.419 e. The third kappa shape index (κ3) is 6.23. The van der Waals surface area contributed by atoms with Crippen molar-refractivity contribution in [2.75, 3.05) is 20.3 Å². The largest absolute Gasteiger partial charge is 0.465 e. The number of nitrogens with zero attached hydrogens (tertiary/aromatic N) is 2. The summed E-state index contributed by atoms with van der Waals surface area (Å²) >= 11 is 0. The smallest absolute Gasteiger partial charge is 0.419 e. The molecule has 1 aromatic heterocycles. The van der Waals surface area contributed by atoms with Gasteiger partial charge in [0.05, 0.1) is 23.8 Å². The van der Waals surface area contributed by atoms with Gasteiger partial charge in [-0.15, -0.1) is 0 Å². The van der Waals surface area contributed by atoms with Crippen LogP contribution >= 0.6 is 0 Å². The maximum atomic E-state index is 13.2. The molecule has 2 saturated heterocycles. The van der Waals surface area contributed by atoms with Gasteiger partial charge in [0.2, 0.25) is 0 Å². The van der Waals surface area contributed by atoms with Gasteiger partial charge in [0.1, 0.15) is 5.60 Å². The number of carbonyl (C=O) groups is 2. The van der Waals surface area contributed by atoms with Crippen LogP contribution in [0.3, 0.4) is 0 Å². The van der Waals surface area contributed by atoms with Gasteiger partial charge in [0.25, 0.3) is 0 Å². The number of rotatable bonds is 4.